The van der Waals surface area contributed by atoms with Gasteiger partial charge < -0.3 is 10.4 Å². The summed E-state index contributed by atoms with van der Waals surface area (Å²) in [6, 6.07) is 1.98. The molecule has 2 atom stereocenters. The maximum Gasteiger partial charge on any atom is 0.128 e. The number of aliphatic hydroxyl groups is 1. The lowest BCUT2D eigenvalue weighted by atomic mass is 10.0. The standard InChI is InChI=1S/C15H23F2NO/c1-9(2)5-12(8-19)18-11(4)13-7-14(16)10(3)6-15(13)17/h6-7,9,11-12,18-19H,5,8H2,1-4H3. The summed E-state index contributed by atoms with van der Waals surface area (Å²) in [5.41, 5.74) is 0.597. The van der Waals surface area contributed by atoms with Crippen LogP contribution in [0.3, 0.4) is 0 Å². The Kier molecular flexibility index (Phi) is 5.88. The molecule has 2 unspecified atom stereocenters. The van der Waals surface area contributed by atoms with E-state index < -0.39 is 11.6 Å². The van der Waals surface area contributed by atoms with Crippen molar-refractivity contribution in [3.05, 3.63) is 34.9 Å². The molecule has 0 heterocycles. The van der Waals surface area contributed by atoms with Crippen LogP contribution in [0.2, 0.25) is 0 Å². The fourth-order valence-electron chi connectivity index (χ4n) is 2.20. The molecular formula is C15H23F2NO. The predicted octanol–water partition coefficient (Wildman–Crippen LogP) is 3.33. The molecule has 0 fully saturated rings. The van der Waals surface area contributed by atoms with Gasteiger partial charge in [0.1, 0.15) is 11.6 Å². The second kappa shape index (κ2) is 6.96. The number of benzene rings is 1. The molecule has 0 spiro atoms. The van der Waals surface area contributed by atoms with E-state index in [1.54, 1.807) is 6.92 Å². The van der Waals surface area contributed by atoms with E-state index in [1.807, 2.05) is 0 Å². The summed E-state index contributed by atoms with van der Waals surface area (Å²) in [5.74, 6) is -0.397. The summed E-state index contributed by atoms with van der Waals surface area (Å²) < 4.78 is 27.3. The highest BCUT2D eigenvalue weighted by Gasteiger charge is 2.18. The van der Waals surface area contributed by atoms with Gasteiger partial charge in [-0.05, 0) is 43.9 Å². The SMILES string of the molecule is Cc1cc(F)c(C(C)NC(CO)CC(C)C)cc1F. The molecule has 0 radical (unpaired) electrons. The average Bonchev–Trinajstić information content (AvgIpc) is 2.32. The zero-order valence-corrected chi connectivity index (χ0v) is 12.0. The maximum atomic E-state index is 13.8. The summed E-state index contributed by atoms with van der Waals surface area (Å²) in [4.78, 5) is 0. The lowest BCUT2D eigenvalue weighted by molar-refractivity contribution is 0.214. The third kappa shape index (κ3) is 4.55. The molecule has 1 rings (SSSR count). The fraction of sp³-hybridized carbons (Fsp3) is 0.600. The van der Waals surface area contributed by atoms with Crippen molar-refractivity contribution in [2.24, 2.45) is 5.92 Å². The first-order valence-corrected chi connectivity index (χ1v) is 6.67. The van der Waals surface area contributed by atoms with Gasteiger partial charge in [-0.25, -0.2) is 8.78 Å². The highest BCUT2D eigenvalue weighted by molar-refractivity contribution is 5.27. The quantitative estimate of drug-likeness (QED) is 0.831. The summed E-state index contributed by atoms with van der Waals surface area (Å²) >= 11 is 0. The molecule has 0 saturated heterocycles. The van der Waals surface area contributed by atoms with Gasteiger partial charge in [-0.15, -0.1) is 0 Å². The summed E-state index contributed by atoms with van der Waals surface area (Å²) in [7, 11) is 0. The molecule has 0 bridgehead atoms. The van der Waals surface area contributed by atoms with Gasteiger partial charge in [0.25, 0.3) is 0 Å². The van der Waals surface area contributed by atoms with Crippen LogP contribution in [0.25, 0.3) is 0 Å². The van der Waals surface area contributed by atoms with Crippen molar-refractivity contribution in [1.29, 1.82) is 0 Å². The number of hydrogen-bond acceptors (Lipinski definition) is 2. The Labute approximate surface area is 113 Å². The Morgan fingerprint density at radius 1 is 1.16 bits per heavy atom. The van der Waals surface area contributed by atoms with Crippen molar-refractivity contribution < 1.29 is 13.9 Å². The molecule has 108 valence electrons. The smallest absolute Gasteiger partial charge is 0.128 e. The Morgan fingerprint density at radius 3 is 2.32 bits per heavy atom. The molecule has 1 aromatic rings. The van der Waals surface area contributed by atoms with Crippen molar-refractivity contribution in [1.82, 2.24) is 5.32 Å². The average molecular weight is 271 g/mol. The minimum Gasteiger partial charge on any atom is -0.395 e. The predicted molar refractivity (Wildman–Crippen MR) is 73.0 cm³/mol. The fourth-order valence-corrected chi connectivity index (χ4v) is 2.20. The molecule has 0 saturated carbocycles. The van der Waals surface area contributed by atoms with Crippen molar-refractivity contribution in [2.75, 3.05) is 6.61 Å². The first-order valence-electron chi connectivity index (χ1n) is 6.67. The molecular weight excluding hydrogens is 248 g/mol. The molecule has 2 N–H and O–H groups in total. The van der Waals surface area contributed by atoms with Crippen molar-refractivity contribution in [3.63, 3.8) is 0 Å². The van der Waals surface area contributed by atoms with Crippen LogP contribution in [0.4, 0.5) is 8.78 Å². The van der Waals surface area contributed by atoms with E-state index in [0.29, 0.717) is 17.0 Å². The van der Waals surface area contributed by atoms with Gasteiger partial charge in [0, 0.05) is 17.6 Å². The zero-order chi connectivity index (χ0) is 14.6. The van der Waals surface area contributed by atoms with E-state index >= 15 is 0 Å². The van der Waals surface area contributed by atoms with Crippen LogP contribution in [0.5, 0.6) is 0 Å². The minimum atomic E-state index is -0.417. The summed E-state index contributed by atoms with van der Waals surface area (Å²) in [5, 5.41) is 12.5. The highest BCUT2D eigenvalue weighted by Crippen LogP contribution is 2.21. The molecule has 0 aliphatic rings. The molecule has 1 aromatic carbocycles. The van der Waals surface area contributed by atoms with Crippen molar-refractivity contribution >= 4 is 0 Å². The van der Waals surface area contributed by atoms with Gasteiger partial charge in [-0.3, -0.25) is 0 Å². The number of nitrogens with one attached hydrogen (secondary N) is 1. The van der Waals surface area contributed by atoms with Crippen LogP contribution in [-0.4, -0.2) is 17.8 Å². The summed E-state index contributed by atoms with van der Waals surface area (Å²) in [6.45, 7) is 7.41. The third-order valence-corrected chi connectivity index (χ3v) is 3.21. The molecule has 0 aromatic heterocycles. The Bertz CT molecular complexity index is 421. The molecule has 2 nitrogen and oxygen atoms in total. The number of halogens is 2. The zero-order valence-electron chi connectivity index (χ0n) is 12.0. The number of hydrogen-bond donors (Lipinski definition) is 2. The first-order chi connectivity index (χ1) is 8.85. The normalized spacial score (nSPS) is 14.7. The van der Waals surface area contributed by atoms with Crippen LogP contribution in [-0.2, 0) is 0 Å². The van der Waals surface area contributed by atoms with Gasteiger partial charge in [0.15, 0.2) is 0 Å². The van der Waals surface area contributed by atoms with E-state index in [9.17, 15) is 13.9 Å². The van der Waals surface area contributed by atoms with Gasteiger partial charge in [0.05, 0.1) is 6.61 Å². The van der Waals surface area contributed by atoms with Gasteiger partial charge in [0.2, 0.25) is 0 Å². The lowest BCUT2D eigenvalue weighted by Gasteiger charge is -2.24. The van der Waals surface area contributed by atoms with E-state index in [-0.39, 0.29) is 18.7 Å². The van der Waals surface area contributed by atoms with E-state index in [4.69, 9.17) is 0 Å². The maximum absolute atomic E-state index is 13.8. The molecule has 0 aliphatic carbocycles. The second-order valence-corrected chi connectivity index (χ2v) is 5.52. The molecule has 19 heavy (non-hydrogen) atoms. The van der Waals surface area contributed by atoms with Crippen molar-refractivity contribution in [2.45, 2.75) is 46.2 Å². The Balaban J connectivity index is 2.82. The van der Waals surface area contributed by atoms with E-state index in [1.165, 1.54) is 19.1 Å². The topological polar surface area (TPSA) is 32.3 Å². The lowest BCUT2D eigenvalue weighted by Crippen LogP contribution is -2.36. The Morgan fingerprint density at radius 2 is 1.79 bits per heavy atom. The van der Waals surface area contributed by atoms with Gasteiger partial charge >= 0.3 is 0 Å². The number of rotatable bonds is 6. The molecule has 4 heteroatoms. The van der Waals surface area contributed by atoms with Gasteiger partial charge in [-0.1, -0.05) is 13.8 Å². The van der Waals surface area contributed by atoms with Crippen molar-refractivity contribution in [3.8, 4) is 0 Å². The minimum absolute atomic E-state index is 0.0154. The second-order valence-electron chi connectivity index (χ2n) is 5.52. The van der Waals surface area contributed by atoms with Crippen LogP contribution >= 0.6 is 0 Å². The number of aliphatic hydroxyl groups excluding tert-OH is 1. The largest absolute Gasteiger partial charge is 0.395 e. The van der Waals surface area contributed by atoms with Crippen LogP contribution in [0, 0.1) is 24.5 Å². The van der Waals surface area contributed by atoms with Crippen LogP contribution in [0.1, 0.15) is 44.4 Å². The highest BCUT2D eigenvalue weighted by atomic mass is 19.1. The monoisotopic (exact) mass is 271 g/mol. The Hall–Kier alpha value is -1.00. The summed E-state index contributed by atoms with van der Waals surface area (Å²) in [6.07, 6.45) is 0.788. The first kappa shape index (κ1) is 16.1. The third-order valence-electron chi connectivity index (χ3n) is 3.21. The van der Waals surface area contributed by atoms with E-state index in [2.05, 4.69) is 19.2 Å². The van der Waals surface area contributed by atoms with Gasteiger partial charge in [-0.2, -0.15) is 0 Å². The number of aryl methyl sites for hydroxylation is 1. The molecule has 0 aliphatic heterocycles. The van der Waals surface area contributed by atoms with Crippen LogP contribution < -0.4 is 5.32 Å². The molecule has 0 amide bonds. The van der Waals surface area contributed by atoms with E-state index in [0.717, 1.165) is 6.42 Å². The van der Waals surface area contributed by atoms with Crippen LogP contribution in [0.15, 0.2) is 12.1 Å².